The van der Waals surface area contributed by atoms with Crippen LogP contribution in [0, 0.1) is 0 Å². The second-order valence-electron chi connectivity index (χ2n) is 3.36. The van der Waals surface area contributed by atoms with E-state index >= 15 is 0 Å². The van der Waals surface area contributed by atoms with Gasteiger partial charge in [-0.2, -0.15) is 16.8 Å². The van der Waals surface area contributed by atoms with Crippen molar-refractivity contribution in [1.82, 2.24) is 0 Å². The van der Waals surface area contributed by atoms with E-state index in [1.165, 1.54) is 25.3 Å². The van der Waals surface area contributed by atoms with Gasteiger partial charge in [0.05, 0.1) is 19.6 Å². The summed E-state index contributed by atoms with van der Waals surface area (Å²) in [5.41, 5.74) is 0. The number of hydrogen-bond donors (Lipinski definition) is 0. The largest absolute Gasteiger partial charge is 0.490 e. The van der Waals surface area contributed by atoms with Crippen molar-refractivity contribution in [3.63, 3.8) is 0 Å². The number of hydrogen-bond acceptors (Lipinski definition) is 7. The van der Waals surface area contributed by atoms with Crippen LogP contribution in [0.2, 0.25) is 0 Å². The predicted molar refractivity (Wildman–Crippen MR) is 63.9 cm³/mol. The molecular formula is C9H12O7S2. The molecule has 9 heteroatoms. The summed E-state index contributed by atoms with van der Waals surface area (Å²) >= 11 is 0. The molecule has 0 heterocycles. The summed E-state index contributed by atoms with van der Waals surface area (Å²) in [5, 5.41) is 0. The van der Waals surface area contributed by atoms with E-state index in [9.17, 15) is 16.8 Å². The molecule has 0 atom stereocenters. The van der Waals surface area contributed by atoms with Gasteiger partial charge in [-0.1, -0.05) is 6.07 Å². The van der Waals surface area contributed by atoms with E-state index in [-0.39, 0.29) is 17.2 Å². The molecule has 0 aliphatic carbocycles. The average Bonchev–Trinajstić information content (AvgIpc) is 2.12. The number of benzene rings is 1. The van der Waals surface area contributed by atoms with Crippen LogP contribution in [-0.4, -0.2) is 36.5 Å². The molecule has 0 N–H and O–H groups in total. The van der Waals surface area contributed by atoms with Gasteiger partial charge in [0.1, 0.15) is 0 Å². The second kappa shape index (κ2) is 5.02. The lowest BCUT2D eigenvalue weighted by molar-refractivity contribution is 0.373. The molecule has 1 aromatic carbocycles. The molecule has 0 saturated carbocycles. The van der Waals surface area contributed by atoms with Gasteiger partial charge in [0.25, 0.3) is 0 Å². The van der Waals surface area contributed by atoms with Gasteiger partial charge in [0.15, 0.2) is 11.5 Å². The zero-order valence-corrected chi connectivity index (χ0v) is 11.5. The van der Waals surface area contributed by atoms with Gasteiger partial charge < -0.3 is 13.1 Å². The maximum atomic E-state index is 11.0. The molecule has 0 unspecified atom stereocenters. The Bertz CT molecular complexity index is 579. The first-order valence-corrected chi connectivity index (χ1v) is 8.21. The Morgan fingerprint density at radius 3 is 1.56 bits per heavy atom. The normalized spacial score (nSPS) is 11.9. The van der Waals surface area contributed by atoms with Crippen molar-refractivity contribution >= 4 is 20.2 Å². The highest BCUT2D eigenvalue weighted by Gasteiger charge is 2.18. The molecule has 7 nitrogen and oxygen atoms in total. The van der Waals surface area contributed by atoms with E-state index in [4.69, 9.17) is 4.74 Å². The molecule has 0 spiro atoms. The summed E-state index contributed by atoms with van der Waals surface area (Å²) in [4.78, 5) is 0. The van der Waals surface area contributed by atoms with Gasteiger partial charge in [-0.25, -0.2) is 0 Å². The molecule has 102 valence electrons. The predicted octanol–water partition coefficient (Wildman–Crippen LogP) is 0.372. The zero-order valence-electron chi connectivity index (χ0n) is 9.91. The highest BCUT2D eigenvalue weighted by molar-refractivity contribution is 7.86. The van der Waals surface area contributed by atoms with Crippen LogP contribution in [0.1, 0.15) is 0 Å². The summed E-state index contributed by atoms with van der Waals surface area (Å²) in [6.45, 7) is 0. The maximum absolute atomic E-state index is 11.0. The third-order valence-corrected chi connectivity index (χ3v) is 2.59. The molecule has 0 aliphatic rings. The number of rotatable bonds is 5. The van der Waals surface area contributed by atoms with Crippen LogP contribution in [0.3, 0.4) is 0 Å². The van der Waals surface area contributed by atoms with E-state index in [2.05, 4.69) is 8.37 Å². The molecule has 0 bridgehead atoms. The first-order chi connectivity index (χ1) is 8.12. The minimum absolute atomic E-state index is 0.117. The van der Waals surface area contributed by atoms with E-state index in [1.807, 2.05) is 0 Å². The lowest BCUT2D eigenvalue weighted by Gasteiger charge is -2.12. The van der Waals surface area contributed by atoms with Gasteiger partial charge in [-0.15, -0.1) is 0 Å². The SMILES string of the molecule is COc1c(OS(C)(=O)=O)cccc1OS(C)(=O)=O. The highest BCUT2D eigenvalue weighted by atomic mass is 32.2. The maximum Gasteiger partial charge on any atom is 0.306 e. The van der Waals surface area contributed by atoms with Crippen molar-refractivity contribution in [3.8, 4) is 17.2 Å². The van der Waals surface area contributed by atoms with Crippen LogP contribution in [0.5, 0.6) is 17.2 Å². The third-order valence-electron chi connectivity index (χ3n) is 1.63. The Kier molecular flexibility index (Phi) is 4.07. The Morgan fingerprint density at radius 2 is 1.28 bits per heavy atom. The van der Waals surface area contributed by atoms with Crippen molar-refractivity contribution in [3.05, 3.63) is 18.2 Å². The highest BCUT2D eigenvalue weighted by Crippen LogP contribution is 2.38. The van der Waals surface area contributed by atoms with Gasteiger partial charge in [-0.05, 0) is 12.1 Å². The fourth-order valence-electron chi connectivity index (χ4n) is 1.15. The Balaban J connectivity index is 3.26. The van der Waals surface area contributed by atoms with Crippen LogP contribution in [0.4, 0.5) is 0 Å². The summed E-state index contributed by atoms with van der Waals surface area (Å²) < 4.78 is 58.3. The van der Waals surface area contributed by atoms with Crippen molar-refractivity contribution in [1.29, 1.82) is 0 Å². The number of ether oxygens (including phenoxy) is 1. The zero-order chi connectivity index (χ0) is 14.0. The minimum atomic E-state index is -3.76. The summed E-state index contributed by atoms with van der Waals surface area (Å²) in [7, 11) is -6.27. The molecule has 1 rings (SSSR count). The lowest BCUT2D eigenvalue weighted by atomic mass is 10.3. The molecule has 0 amide bonds. The minimum Gasteiger partial charge on any atom is -0.490 e. The molecule has 0 aromatic heterocycles. The fourth-order valence-corrected chi connectivity index (χ4v) is 2.07. The van der Waals surface area contributed by atoms with Crippen molar-refractivity contribution < 1.29 is 29.9 Å². The van der Waals surface area contributed by atoms with Crippen LogP contribution in [0.15, 0.2) is 18.2 Å². The van der Waals surface area contributed by atoms with E-state index in [0.29, 0.717) is 0 Å². The molecule has 0 fully saturated rings. The number of para-hydroxylation sites is 1. The second-order valence-corrected chi connectivity index (χ2v) is 6.51. The van der Waals surface area contributed by atoms with E-state index in [1.54, 1.807) is 0 Å². The smallest absolute Gasteiger partial charge is 0.306 e. The monoisotopic (exact) mass is 296 g/mol. The van der Waals surface area contributed by atoms with Crippen LogP contribution in [-0.2, 0) is 20.2 Å². The van der Waals surface area contributed by atoms with Crippen molar-refractivity contribution in [2.75, 3.05) is 19.6 Å². The summed E-state index contributed by atoms with van der Waals surface area (Å²) in [6.07, 6.45) is 1.72. The molecular weight excluding hydrogens is 284 g/mol. The van der Waals surface area contributed by atoms with Gasteiger partial charge in [-0.3, -0.25) is 0 Å². The quantitative estimate of drug-likeness (QED) is 0.724. The van der Waals surface area contributed by atoms with Gasteiger partial charge >= 0.3 is 20.2 Å². The summed E-state index contributed by atoms with van der Waals surface area (Å²) in [5.74, 6) is -0.421. The first kappa shape index (κ1) is 14.6. The first-order valence-electron chi connectivity index (χ1n) is 4.58. The molecule has 0 aliphatic heterocycles. The third kappa shape index (κ3) is 4.41. The molecule has 18 heavy (non-hydrogen) atoms. The lowest BCUT2D eigenvalue weighted by Crippen LogP contribution is -2.09. The topological polar surface area (TPSA) is 96.0 Å². The Labute approximate surface area is 106 Å². The Hall–Kier alpha value is -1.48. The van der Waals surface area contributed by atoms with Gasteiger partial charge in [0, 0.05) is 0 Å². The van der Waals surface area contributed by atoms with Crippen LogP contribution in [0.25, 0.3) is 0 Å². The van der Waals surface area contributed by atoms with E-state index in [0.717, 1.165) is 12.5 Å². The van der Waals surface area contributed by atoms with Crippen LogP contribution >= 0.6 is 0 Å². The molecule has 0 radical (unpaired) electrons. The van der Waals surface area contributed by atoms with Crippen LogP contribution < -0.4 is 13.1 Å². The Morgan fingerprint density at radius 1 is 0.889 bits per heavy atom. The van der Waals surface area contributed by atoms with Crippen molar-refractivity contribution in [2.24, 2.45) is 0 Å². The summed E-state index contributed by atoms with van der Waals surface area (Å²) in [6, 6.07) is 4.01. The van der Waals surface area contributed by atoms with Gasteiger partial charge in [0.2, 0.25) is 5.75 Å². The average molecular weight is 296 g/mol. The number of methoxy groups -OCH3 is 1. The molecule has 1 aromatic rings. The fraction of sp³-hybridized carbons (Fsp3) is 0.333. The standard InChI is InChI=1S/C9H12O7S2/c1-14-9-7(15-17(2,10)11)5-4-6-8(9)16-18(3,12)13/h4-6H,1-3H3. The van der Waals surface area contributed by atoms with E-state index < -0.39 is 20.2 Å². The molecule has 0 saturated heterocycles. The van der Waals surface area contributed by atoms with Crippen molar-refractivity contribution in [2.45, 2.75) is 0 Å².